The average Bonchev–Trinajstić information content (AvgIpc) is 2.14. The van der Waals surface area contributed by atoms with Gasteiger partial charge in [-0.25, -0.2) is 4.98 Å². The van der Waals surface area contributed by atoms with E-state index in [4.69, 9.17) is 0 Å². The van der Waals surface area contributed by atoms with Crippen molar-refractivity contribution in [3.63, 3.8) is 0 Å². The highest BCUT2D eigenvalue weighted by molar-refractivity contribution is 4.92. The van der Waals surface area contributed by atoms with Gasteiger partial charge in [-0.1, -0.05) is 0 Å². The van der Waals surface area contributed by atoms with Gasteiger partial charge < -0.3 is 4.42 Å². The highest BCUT2D eigenvalue weighted by atomic mass is 17.1. The largest absolute Gasteiger partial charge is 0.411 e. The molecule has 0 aliphatic heterocycles. The Labute approximate surface area is 39.3 Å². The van der Waals surface area contributed by atoms with Gasteiger partial charge in [0.2, 0.25) is 0 Å². The normalized spacial score (nSPS) is 8.71. The van der Waals surface area contributed by atoms with Crippen molar-refractivity contribution in [1.29, 1.82) is 0 Å². The Kier molecular flexibility index (Phi) is 0.953. The maximum atomic E-state index is 9.36. The molecule has 4 heteroatoms. The van der Waals surface area contributed by atoms with Gasteiger partial charge in [0.1, 0.15) is 6.20 Å². The van der Waals surface area contributed by atoms with Crippen molar-refractivity contribution < 1.29 is 14.6 Å². The summed E-state index contributed by atoms with van der Waals surface area (Å²) >= 11 is 0. The van der Waals surface area contributed by atoms with Crippen LogP contribution in [0.4, 0.5) is 0 Å². The van der Waals surface area contributed by atoms with Gasteiger partial charge in [-0.05, 0) is 0 Å². The number of nitrogens with zero attached hydrogens (tertiary/aromatic N) is 1. The fraction of sp³-hybridized carbons (Fsp3) is 0. The predicted molar refractivity (Wildman–Crippen MR) is 17.8 cm³/mol. The van der Waals surface area contributed by atoms with Crippen LogP contribution in [0.2, 0.25) is 0 Å². The van der Waals surface area contributed by atoms with Crippen molar-refractivity contribution in [2.45, 2.75) is 0 Å². The van der Waals surface area contributed by atoms with E-state index in [1.54, 1.807) is 0 Å². The van der Waals surface area contributed by atoms with Gasteiger partial charge in [0.25, 0.3) is 0 Å². The van der Waals surface area contributed by atoms with Gasteiger partial charge in [0.15, 0.2) is 6.39 Å². The molecule has 1 radical (unpaired) electrons. The second-order valence-corrected chi connectivity index (χ2v) is 0.904. The van der Waals surface area contributed by atoms with Gasteiger partial charge in [-0.3, -0.25) is 4.89 Å². The Hall–Kier alpha value is -1.03. The summed E-state index contributed by atoms with van der Waals surface area (Å²) < 4.78 is 4.34. The zero-order valence-corrected chi connectivity index (χ0v) is 3.33. The molecule has 0 atom stereocenters. The van der Waals surface area contributed by atoms with Gasteiger partial charge in [0, 0.05) is 5.26 Å². The lowest BCUT2D eigenvalue weighted by Crippen LogP contribution is -1.73. The molecule has 0 unspecified atom stereocenters. The summed E-state index contributed by atoms with van der Waals surface area (Å²) in [5.74, 6) is -0.111. The topological polar surface area (TPSA) is 55.2 Å². The molecule has 4 nitrogen and oxygen atoms in total. The first-order chi connectivity index (χ1) is 3.43. The summed E-state index contributed by atoms with van der Waals surface area (Å²) in [6, 6.07) is 0. The third kappa shape index (κ3) is 0.690. The third-order valence-corrected chi connectivity index (χ3v) is 0.492. The van der Waals surface area contributed by atoms with E-state index < -0.39 is 0 Å². The molecule has 0 N–H and O–H groups in total. The van der Waals surface area contributed by atoms with Crippen LogP contribution in [0, 0.1) is 0 Å². The van der Waals surface area contributed by atoms with Crippen LogP contribution in [0.25, 0.3) is 0 Å². The molecule has 0 spiro atoms. The molecule has 7 heavy (non-hydrogen) atoms. The van der Waals surface area contributed by atoms with Crippen LogP contribution >= 0.6 is 0 Å². The summed E-state index contributed by atoms with van der Waals surface area (Å²) in [4.78, 5) is 6.78. The molecule has 0 aliphatic carbocycles. The van der Waals surface area contributed by atoms with Gasteiger partial charge >= 0.3 is 5.95 Å². The summed E-state index contributed by atoms with van der Waals surface area (Å²) in [5.41, 5.74) is 0. The molecular formula is C3H2NO3. The highest BCUT2D eigenvalue weighted by Crippen LogP contribution is 2.04. The molecule has 37 valence electrons. The van der Waals surface area contributed by atoms with E-state index in [1.807, 2.05) is 0 Å². The van der Waals surface area contributed by atoms with E-state index in [-0.39, 0.29) is 5.95 Å². The first-order valence-corrected chi connectivity index (χ1v) is 1.62. The molecule has 0 aromatic carbocycles. The lowest BCUT2D eigenvalue weighted by Gasteiger charge is -1.76. The van der Waals surface area contributed by atoms with Crippen LogP contribution in [-0.2, 0) is 5.26 Å². The van der Waals surface area contributed by atoms with Crippen molar-refractivity contribution in [2.75, 3.05) is 0 Å². The predicted octanol–water partition coefficient (Wildman–Crippen LogP) is 0.399. The van der Waals surface area contributed by atoms with Gasteiger partial charge in [-0.2, -0.15) is 0 Å². The van der Waals surface area contributed by atoms with Crippen LogP contribution in [0.1, 0.15) is 0 Å². The zero-order valence-electron chi connectivity index (χ0n) is 3.33. The fourth-order valence-electron chi connectivity index (χ4n) is 0.245. The van der Waals surface area contributed by atoms with E-state index >= 15 is 0 Å². The van der Waals surface area contributed by atoms with Crippen LogP contribution in [0.5, 0.6) is 5.95 Å². The number of aromatic nitrogens is 1. The molecule has 0 fully saturated rings. The van der Waals surface area contributed by atoms with Crippen LogP contribution < -0.4 is 4.89 Å². The Bertz CT molecular complexity index is 125. The van der Waals surface area contributed by atoms with Gasteiger partial charge in [0.05, 0.1) is 0 Å². The number of hydrogen-bond acceptors (Lipinski definition) is 3. The monoisotopic (exact) mass is 100 g/mol. The lowest BCUT2D eigenvalue weighted by molar-refractivity contribution is -0.222. The Morgan fingerprint density at radius 2 is 2.71 bits per heavy atom. The van der Waals surface area contributed by atoms with Crippen LogP contribution in [-0.4, -0.2) is 4.98 Å². The minimum absolute atomic E-state index is 0.111. The summed E-state index contributed by atoms with van der Waals surface area (Å²) in [6.07, 6.45) is 2.31. The van der Waals surface area contributed by atoms with E-state index in [0.29, 0.717) is 0 Å². The maximum absolute atomic E-state index is 9.36. The number of rotatable bonds is 1. The number of hydrogen-bond donors (Lipinski definition) is 0. The SMILES string of the molecule is [O]Oc1cnco1. The quantitative estimate of drug-likeness (QED) is 0.379. The molecule has 0 saturated heterocycles. The van der Waals surface area contributed by atoms with Crippen LogP contribution in [0.3, 0.4) is 0 Å². The van der Waals surface area contributed by atoms with Crippen molar-refractivity contribution in [3.8, 4) is 5.95 Å². The summed E-state index contributed by atoms with van der Waals surface area (Å²) in [7, 11) is 0. The van der Waals surface area contributed by atoms with Crippen molar-refractivity contribution in [1.82, 2.24) is 4.98 Å². The smallest absolute Gasteiger partial charge is 0.345 e. The zero-order chi connectivity index (χ0) is 5.11. The average molecular weight is 100 g/mol. The first kappa shape index (κ1) is 4.14. The standard InChI is InChI=1S/C3H2NO3/c5-7-3-1-4-2-6-3/h1-2H. The highest BCUT2D eigenvalue weighted by Gasteiger charge is 1.91. The minimum Gasteiger partial charge on any atom is -0.411 e. The minimum atomic E-state index is -0.111. The molecule has 0 aliphatic rings. The molecule has 0 saturated carbocycles. The maximum Gasteiger partial charge on any atom is 0.345 e. The second kappa shape index (κ2) is 1.61. The fourth-order valence-corrected chi connectivity index (χ4v) is 0.245. The van der Waals surface area contributed by atoms with E-state index in [0.717, 1.165) is 6.39 Å². The molecule has 0 amide bonds. The Balaban J connectivity index is 2.76. The first-order valence-electron chi connectivity index (χ1n) is 1.62. The molecule has 1 aromatic heterocycles. The molecule has 1 rings (SSSR count). The molecule has 1 heterocycles. The van der Waals surface area contributed by atoms with Crippen molar-refractivity contribution in [2.24, 2.45) is 0 Å². The Morgan fingerprint density at radius 1 is 1.86 bits per heavy atom. The van der Waals surface area contributed by atoms with Crippen molar-refractivity contribution in [3.05, 3.63) is 12.6 Å². The van der Waals surface area contributed by atoms with E-state index in [2.05, 4.69) is 14.3 Å². The van der Waals surface area contributed by atoms with E-state index in [1.165, 1.54) is 6.20 Å². The van der Waals surface area contributed by atoms with Crippen molar-refractivity contribution >= 4 is 0 Å². The summed E-state index contributed by atoms with van der Waals surface area (Å²) in [6.45, 7) is 0. The van der Waals surface area contributed by atoms with E-state index in [9.17, 15) is 5.26 Å². The molecule has 1 aromatic rings. The lowest BCUT2D eigenvalue weighted by atomic mass is 10.9. The molecule has 0 bridgehead atoms. The summed E-state index contributed by atoms with van der Waals surface area (Å²) in [5, 5.41) is 9.36. The number of oxazole rings is 1. The Morgan fingerprint density at radius 3 is 3.00 bits per heavy atom. The second-order valence-electron chi connectivity index (χ2n) is 0.904. The van der Waals surface area contributed by atoms with Gasteiger partial charge in [-0.15, -0.1) is 0 Å². The molecular weight excluding hydrogens is 98.0 g/mol. The van der Waals surface area contributed by atoms with Crippen LogP contribution in [0.15, 0.2) is 17.0 Å². The third-order valence-electron chi connectivity index (χ3n) is 0.492.